The summed E-state index contributed by atoms with van der Waals surface area (Å²) < 4.78 is 28.0. The molecule has 1 aliphatic carbocycles. The van der Waals surface area contributed by atoms with Crippen LogP contribution in [0.1, 0.15) is 51.0 Å². The van der Waals surface area contributed by atoms with Gasteiger partial charge in [0, 0.05) is 44.4 Å². The highest BCUT2D eigenvalue weighted by Crippen LogP contribution is 2.49. The first-order valence-corrected chi connectivity index (χ1v) is 10.9. The molecule has 2 heterocycles. The maximum Gasteiger partial charge on any atom is 0.259 e. The number of alkyl halides is 2. The Bertz CT molecular complexity index is 795. The number of aliphatic hydroxyl groups is 1. The molecule has 4 rings (SSSR count). The number of nitrogens with one attached hydrogen (secondary N) is 1. The Morgan fingerprint density at radius 1 is 1.17 bits per heavy atom. The van der Waals surface area contributed by atoms with Crippen molar-refractivity contribution in [2.75, 3.05) is 19.6 Å². The topological polar surface area (TPSA) is 67.6 Å². The minimum Gasteiger partial charge on any atom is -0.375 e. The molecule has 2 N–H and O–H groups in total. The van der Waals surface area contributed by atoms with E-state index in [1.807, 2.05) is 4.90 Å². The summed E-state index contributed by atoms with van der Waals surface area (Å²) in [7, 11) is 0. The van der Waals surface area contributed by atoms with Crippen molar-refractivity contribution in [2.45, 2.75) is 63.0 Å². The van der Waals surface area contributed by atoms with Crippen LogP contribution in [0.5, 0.6) is 0 Å². The highest BCUT2D eigenvalue weighted by atomic mass is 19.3. The molecule has 1 aromatic carbocycles. The summed E-state index contributed by atoms with van der Waals surface area (Å²) in [5, 5.41) is 19.2. The first kappa shape index (κ1) is 21.2. The second kappa shape index (κ2) is 7.59. The predicted molar refractivity (Wildman–Crippen MR) is 110 cm³/mol. The zero-order valence-corrected chi connectivity index (χ0v) is 17.5. The van der Waals surface area contributed by atoms with E-state index in [4.69, 9.17) is 5.41 Å². The van der Waals surface area contributed by atoms with Crippen molar-refractivity contribution in [1.82, 2.24) is 9.80 Å². The molecule has 0 aromatic heterocycles. The fourth-order valence-electron chi connectivity index (χ4n) is 5.88. The van der Waals surface area contributed by atoms with Crippen LogP contribution < -0.4 is 0 Å². The van der Waals surface area contributed by atoms with Gasteiger partial charge >= 0.3 is 0 Å². The van der Waals surface area contributed by atoms with E-state index < -0.39 is 29.8 Å². The molecule has 0 bridgehead atoms. The molecule has 164 valence electrons. The largest absolute Gasteiger partial charge is 0.375 e. The number of hydrogen-bond donors (Lipinski definition) is 2. The van der Waals surface area contributed by atoms with E-state index in [-0.39, 0.29) is 24.3 Å². The van der Waals surface area contributed by atoms with Gasteiger partial charge in [0.05, 0.1) is 6.34 Å². The summed E-state index contributed by atoms with van der Waals surface area (Å²) in [6.45, 7) is 4.00. The van der Waals surface area contributed by atoms with Gasteiger partial charge in [-0.05, 0) is 43.6 Å². The van der Waals surface area contributed by atoms with Crippen LogP contribution in [-0.2, 0) is 10.4 Å². The smallest absolute Gasteiger partial charge is 0.259 e. The van der Waals surface area contributed by atoms with E-state index in [1.54, 1.807) is 35.2 Å². The van der Waals surface area contributed by atoms with Gasteiger partial charge in [-0.2, -0.15) is 0 Å². The Balaban J connectivity index is 1.56. The number of carbonyl (C=O) groups is 1. The highest BCUT2D eigenvalue weighted by molar-refractivity contribution is 5.87. The lowest BCUT2D eigenvalue weighted by Crippen LogP contribution is -2.55. The Morgan fingerprint density at radius 2 is 1.80 bits per heavy atom. The van der Waals surface area contributed by atoms with Crippen LogP contribution in [0.4, 0.5) is 8.78 Å². The van der Waals surface area contributed by atoms with Crippen LogP contribution in [0.2, 0.25) is 0 Å². The van der Waals surface area contributed by atoms with Gasteiger partial charge in [-0.3, -0.25) is 10.2 Å². The third-order valence-electron chi connectivity index (χ3n) is 8.00. The normalized spacial score (nSPS) is 29.7. The van der Waals surface area contributed by atoms with Gasteiger partial charge in [-0.15, -0.1) is 0 Å². The van der Waals surface area contributed by atoms with Gasteiger partial charge < -0.3 is 14.9 Å². The number of nitrogens with zero attached hydrogens (tertiary/aromatic N) is 2. The number of halogens is 2. The Morgan fingerprint density at radius 3 is 2.33 bits per heavy atom. The van der Waals surface area contributed by atoms with Crippen molar-refractivity contribution in [3.8, 4) is 0 Å². The molecule has 3 fully saturated rings. The van der Waals surface area contributed by atoms with E-state index in [1.165, 1.54) is 6.34 Å². The second-order valence-corrected chi connectivity index (χ2v) is 9.38. The van der Waals surface area contributed by atoms with Gasteiger partial charge in [0.2, 0.25) is 5.92 Å². The number of hydrogen-bond acceptors (Lipinski definition) is 3. The predicted octanol–water partition coefficient (Wildman–Crippen LogP) is 3.62. The summed E-state index contributed by atoms with van der Waals surface area (Å²) in [6.07, 6.45) is 3.36. The molecule has 0 radical (unpaired) electrons. The summed E-state index contributed by atoms with van der Waals surface area (Å²) in [4.78, 5) is 17.3. The van der Waals surface area contributed by atoms with Crippen molar-refractivity contribution in [3.63, 3.8) is 0 Å². The molecule has 7 heteroatoms. The molecule has 1 unspecified atom stereocenters. The highest BCUT2D eigenvalue weighted by Gasteiger charge is 2.55. The Hall–Kier alpha value is -2.02. The molecular formula is C23H31F2N3O2. The van der Waals surface area contributed by atoms with Crippen molar-refractivity contribution in [2.24, 2.45) is 11.3 Å². The standard InChI is InChI=1S/C23H31F2N3O2/c1-17-21(11-14-28(17)16-26)9-12-27(13-10-21)20(29)23(30,18-5-3-2-4-6-18)19-7-8-22(24,25)15-19/h2-6,16-17,19,26,30H,7-15H2,1H3/t17?,19-,23+/m1/s1. The number of carbonyl (C=O) groups excluding carboxylic acids is 1. The van der Waals surface area contributed by atoms with Gasteiger partial charge in [0.15, 0.2) is 5.60 Å². The summed E-state index contributed by atoms with van der Waals surface area (Å²) in [6, 6.07) is 8.84. The van der Waals surface area contributed by atoms with Crippen LogP contribution in [0.25, 0.3) is 0 Å². The molecule has 2 aliphatic heterocycles. The van der Waals surface area contributed by atoms with Gasteiger partial charge in [0.1, 0.15) is 0 Å². The molecule has 1 spiro atoms. The molecule has 2 saturated heterocycles. The molecule has 5 nitrogen and oxygen atoms in total. The third kappa shape index (κ3) is 3.41. The molecule has 3 atom stereocenters. The number of benzene rings is 1. The maximum absolute atomic E-state index is 14.0. The van der Waals surface area contributed by atoms with Crippen LogP contribution in [-0.4, -0.2) is 58.8 Å². The van der Waals surface area contributed by atoms with Crippen LogP contribution in [0, 0.1) is 16.7 Å². The van der Waals surface area contributed by atoms with Crippen LogP contribution >= 0.6 is 0 Å². The van der Waals surface area contributed by atoms with Gasteiger partial charge in [0.25, 0.3) is 5.91 Å². The minimum atomic E-state index is -2.84. The lowest BCUT2D eigenvalue weighted by atomic mass is 9.72. The van der Waals surface area contributed by atoms with Crippen molar-refractivity contribution < 1.29 is 18.7 Å². The van der Waals surface area contributed by atoms with Crippen molar-refractivity contribution in [1.29, 1.82) is 5.41 Å². The number of likely N-dealkylation sites (tertiary alicyclic amines) is 2. The summed E-state index contributed by atoms with van der Waals surface area (Å²) in [5.74, 6) is -4.08. The molecular weight excluding hydrogens is 388 g/mol. The fourth-order valence-corrected chi connectivity index (χ4v) is 5.88. The quantitative estimate of drug-likeness (QED) is 0.579. The molecule has 1 amide bonds. The summed E-state index contributed by atoms with van der Waals surface area (Å²) >= 11 is 0. The van der Waals surface area contributed by atoms with Crippen molar-refractivity contribution in [3.05, 3.63) is 35.9 Å². The lowest BCUT2D eigenvalue weighted by molar-refractivity contribution is -0.163. The van der Waals surface area contributed by atoms with E-state index in [2.05, 4.69) is 6.92 Å². The first-order valence-electron chi connectivity index (χ1n) is 10.9. The van der Waals surface area contributed by atoms with Gasteiger partial charge in [-0.25, -0.2) is 8.78 Å². The molecule has 1 aromatic rings. The van der Waals surface area contributed by atoms with Crippen LogP contribution in [0.15, 0.2) is 30.3 Å². The van der Waals surface area contributed by atoms with E-state index in [0.29, 0.717) is 18.7 Å². The first-order chi connectivity index (χ1) is 14.2. The number of rotatable bonds is 4. The minimum absolute atomic E-state index is 0.0690. The third-order valence-corrected chi connectivity index (χ3v) is 8.00. The zero-order chi connectivity index (χ0) is 21.6. The lowest BCUT2D eigenvalue weighted by Gasteiger charge is -2.45. The van der Waals surface area contributed by atoms with E-state index in [9.17, 15) is 18.7 Å². The van der Waals surface area contributed by atoms with Gasteiger partial charge in [-0.1, -0.05) is 30.3 Å². The SMILES string of the molecule is CC1N(C=N)CCC12CCN(C(=O)[C@](O)(c1ccccc1)[C@@H]1CCC(F)(F)C1)CC2. The van der Waals surface area contributed by atoms with E-state index >= 15 is 0 Å². The molecule has 30 heavy (non-hydrogen) atoms. The summed E-state index contributed by atoms with van der Waals surface area (Å²) in [5.41, 5.74) is -1.45. The maximum atomic E-state index is 14.0. The fraction of sp³-hybridized carbons (Fsp3) is 0.652. The van der Waals surface area contributed by atoms with Crippen molar-refractivity contribution >= 4 is 12.2 Å². The average molecular weight is 420 g/mol. The Labute approximate surface area is 176 Å². The molecule has 1 saturated carbocycles. The van der Waals surface area contributed by atoms with E-state index in [0.717, 1.165) is 25.8 Å². The Kier molecular flexibility index (Phi) is 5.37. The number of amides is 1. The second-order valence-electron chi connectivity index (χ2n) is 9.38. The molecule has 3 aliphatic rings. The van der Waals surface area contributed by atoms with Crippen LogP contribution in [0.3, 0.4) is 0 Å². The number of piperidine rings is 1. The zero-order valence-electron chi connectivity index (χ0n) is 17.5. The average Bonchev–Trinajstić information content (AvgIpc) is 3.28. The monoisotopic (exact) mass is 419 g/mol.